The number of benzene rings is 3. The van der Waals surface area contributed by atoms with Crippen molar-refractivity contribution in [3.8, 4) is 11.3 Å². The Kier molecular flexibility index (Phi) is 5.60. The highest BCUT2D eigenvalue weighted by Gasteiger charge is 2.13. The monoisotopic (exact) mass is 447 g/mol. The molecule has 5 heteroatoms. The van der Waals surface area contributed by atoms with Gasteiger partial charge in [-0.05, 0) is 37.7 Å². The summed E-state index contributed by atoms with van der Waals surface area (Å²) in [5, 5.41) is 6.30. The van der Waals surface area contributed by atoms with Gasteiger partial charge in [-0.3, -0.25) is 9.69 Å². The Balaban J connectivity index is 1.72. The van der Waals surface area contributed by atoms with Crippen molar-refractivity contribution in [3.63, 3.8) is 0 Å². The highest BCUT2D eigenvalue weighted by atomic mass is 79.9. The van der Waals surface area contributed by atoms with Gasteiger partial charge < -0.3 is 0 Å². The van der Waals surface area contributed by atoms with Crippen LogP contribution in [0, 0.1) is 6.92 Å². The molecule has 0 unspecified atom stereocenters. The first-order valence-electron chi connectivity index (χ1n) is 9.51. The summed E-state index contributed by atoms with van der Waals surface area (Å²) >= 11 is 3.48. The third-order valence-electron chi connectivity index (χ3n) is 4.93. The Hall–Kier alpha value is -2.76. The van der Waals surface area contributed by atoms with Gasteiger partial charge in [-0.15, -0.1) is 0 Å². The zero-order valence-electron chi connectivity index (χ0n) is 16.5. The number of aromatic nitrogens is 2. The summed E-state index contributed by atoms with van der Waals surface area (Å²) in [5.74, 6) is 0. The van der Waals surface area contributed by atoms with Crippen LogP contribution in [0.25, 0.3) is 22.0 Å². The minimum Gasteiger partial charge on any atom is -0.283 e. The van der Waals surface area contributed by atoms with Crippen LogP contribution in [-0.4, -0.2) is 21.7 Å². The Morgan fingerprint density at radius 2 is 1.59 bits per heavy atom. The van der Waals surface area contributed by atoms with Crippen LogP contribution in [0.1, 0.15) is 11.1 Å². The minimum atomic E-state index is -0.0720. The number of fused-ring (bicyclic) bond motifs is 1. The lowest BCUT2D eigenvalue weighted by atomic mass is 10.1. The van der Waals surface area contributed by atoms with Gasteiger partial charge in [0, 0.05) is 22.0 Å². The molecule has 0 N–H and O–H groups in total. The Morgan fingerprint density at radius 3 is 2.28 bits per heavy atom. The standard InChI is InChI=1S/C24H22BrN3O/c1-17-7-9-18(10-8-17)15-27(2)16-28-24(29)22-6-4-3-5-21(22)23(26-28)19-11-13-20(25)14-12-19/h3-14H,15-16H2,1-2H3. The SMILES string of the molecule is Cc1ccc(CN(C)Cn2nc(-c3ccc(Br)cc3)c3ccccc3c2=O)cc1. The van der Waals surface area contributed by atoms with Gasteiger partial charge in [0.1, 0.15) is 0 Å². The molecule has 0 saturated heterocycles. The average molecular weight is 448 g/mol. The van der Waals surface area contributed by atoms with Crippen LogP contribution < -0.4 is 5.56 Å². The van der Waals surface area contributed by atoms with E-state index in [1.165, 1.54) is 11.1 Å². The second-order valence-electron chi connectivity index (χ2n) is 7.35. The van der Waals surface area contributed by atoms with Crippen molar-refractivity contribution >= 4 is 26.7 Å². The molecule has 29 heavy (non-hydrogen) atoms. The third kappa shape index (κ3) is 4.31. The molecule has 3 aromatic carbocycles. The molecule has 0 atom stereocenters. The average Bonchev–Trinajstić information content (AvgIpc) is 2.73. The fourth-order valence-corrected chi connectivity index (χ4v) is 3.70. The van der Waals surface area contributed by atoms with Crippen molar-refractivity contribution < 1.29 is 0 Å². The van der Waals surface area contributed by atoms with E-state index in [9.17, 15) is 4.79 Å². The lowest BCUT2D eigenvalue weighted by Gasteiger charge is -2.19. The van der Waals surface area contributed by atoms with E-state index in [0.29, 0.717) is 12.1 Å². The van der Waals surface area contributed by atoms with Gasteiger partial charge in [-0.2, -0.15) is 5.10 Å². The molecule has 0 aliphatic rings. The second-order valence-corrected chi connectivity index (χ2v) is 8.26. The van der Waals surface area contributed by atoms with Crippen LogP contribution in [0.5, 0.6) is 0 Å². The Bertz CT molecular complexity index is 1200. The van der Waals surface area contributed by atoms with Crippen molar-refractivity contribution in [1.29, 1.82) is 0 Å². The highest BCUT2D eigenvalue weighted by Crippen LogP contribution is 2.26. The van der Waals surface area contributed by atoms with Crippen molar-refractivity contribution in [2.24, 2.45) is 0 Å². The first-order valence-corrected chi connectivity index (χ1v) is 10.3. The minimum absolute atomic E-state index is 0.0720. The molecular formula is C24H22BrN3O. The van der Waals surface area contributed by atoms with E-state index in [4.69, 9.17) is 5.10 Å². The lowest BCUT2D eigenvalue weighted by Crippen LogP contribution is -2.32. The maximum atomic E-state index is 13.1. The van der Waals surface area contributed by atoms with Crippen molar-refractivity contribution in [2.75, 3.05) is 7.05 Å². The summed E-state index contributed by atoms with van der Waals surface area (Å²) in [6, 6.07) is 24.1. The summed E-state index contributed by atoms with van der Waals surface area (Å²) < 4.78 is 2.57. The van der Waals surface area contributed by atoms with Crippen LogP contribution in [0.3, 0.4) is 0 Å². The number of rotatable bonds is 5. The molecule has 4 nitrogen and oxygen atoms in total. The first kappa shape index (κ1) is 19.6. The molecule has 1 aromatic heterocycles. The van der Waals surface area contributed by atoms with Gasteiger partial charge in [-0.1, -0.05) is 76.1 Å². The van der Waals surface area contributed by atoms with Gasteiger partial charge in [-0.25, -0.2) is 4.68 Å². The second kappa shape index (κ2) is 8.31. The summed E-state index contributed by atoms with van der Waals surface area (Å²) in [6.45, 7) is 3.24. The largest absolute Gasteiger partial charge is 0.283 e. The van der Waals surface area contributed by atoms with E-state index >= 15 is 0 Å². The van der Waals surface area contributed by atoms with E-state index < -0.39 is 0 Å². The molecule has 0 aliphatic carbocycles. The molecule has 0 aliphatic heterocycles. The first-order chi connectivity index (χ1) is 14.0. The molecule has 4 aromatic rings. The van der Waals surface area contributed by atoms with E-state index in [1.54, 1.807) is 4.68 Å². The van der Waals surface area contributed by atoms with Crippen LogP contribution >= 0.6 is 15.9 Å². The van der Waals surface area contributed by atoms with E-state index in [2.05, 4.69) is 52.0 Å². The number of hydrogen-bond donors (Lipinski definition) is 0. The highest BCUT2D eigenvalue weighted by molar-refractivity contribution is 9.10. The molecule has 146 valence electrons. The fourth-order valence-electron chi connectivity index (χ4n) is 3.44. The van der Waals surface area contributed by atoms with Gasteiger partial charge in [0.25, 0.3) is 5.56 Å². The van der Waals surface area contributed by atoms with Crippen molar-refractivity contribution in [1.82, 2.24) is 14.7 Å². The van der Waals surface area contributed by atoms with Crippen LogP contribution in [0.4, 0.5) is 0 Å². The van der Waals surface area contributed by atoms with E-state index in [1.807, 2.05) is 55.6 Å². The van der Waals surface area contributed by atoms with Crippen molar-refractivity contribution in [2.45, 2.75) is 20.1 Å². The Morgan fingerprint density at radius 1 is 0.931 bits per heavy atom. The van der Waals surface area contributed by atoms with E-state index in [0.717, 1.165) is 27.7 Å². The summed E-state index contributed by atoms with van der Waals surface area (Å²) in [4.78, 5) is 15.2. The zero-order valence-corrected chi connectivity index (χ0v) is 18.1. The van der Waals surface area contributed by atoms with Gasteiger partial charge in [0.15, 0.2) is 0 Å². The predicted octanol–water partition coefficient (Wildman–Crippen LogP) is 5.22. The van der Waals surface area contributed by atoms with Crippen LogP contribution in [-0.2, 0) is 13.2 Å². The topological polar surface area (TPSA) is 38.1 Å². The molecule has 0 spiro atoms. The molecule has 0 saturated carbocycles. The van der Waals surface area contributed by atoms with Gasteiger partial charge >= 0.3 is 0 Å². The fraction of sp³-hybridized carbons (Fsp3) is 0.167. The number of hydrogen-bond acceptors (Lipinski definition) is 3. The Labute approximate surface area is 178 Å². The predicted molar refractivity (Wildman–Crippen MR) is 122 cm³/mol. The molecule has 0 amide bonds. The quantitative estimate of drug-likeness (QED) is 0.420. The summed E-state index contributed by atoms with van der Waals surface area (Å²) in [7, 11) is 2.00. The summed E-state index contributed by atoms with van der Waals surface area (Å²) in [5.41, 5.74) is 4.18. The normalized spacial score (nSPS) is 11.3. The number of nitrogens with zero attached hydrogens (tertiary/aromatic N) is 3. The molecule has 0 bridgehead atoms. The lowest BCUT2D eigenvalue weighted by molar-refractivity contribution is 0.241. The third-order valence-corrected chi connectivity index (χ3v) is 5.46. The van der Waals surface area contributed by atoms with Crippen LogP contribution in [0.15, 0.2) is 82.1 Å². The maximum absolute atomic E-state index is 13.1. The molecule has 0 radical (unpaired) electrons. The van der Waals surface area contributed by atoms with E-state index in [-0.39, 0.29) is 5.56 Å². The van der Waals surface area contributed by atoms with Gasteiger partial charge in [0.05, 0.1) is 17.7 Å². The van der Waals surface area contributed by atoms with Gasteiger partial charge in [0.2, 0.25) is 0 Å². The molecule has 4 rings (SSSR count). The zero-order chi connectivity index (χ0) is 20.4. The smallest absolute Gasteiger partial charge is 0.275 e. The molecule has 0 fully saturated rings. The number of halogens is 1. The summed E-state index contributed by atoms with van der Waals surface area (Å²) in [6.07, 6.45) is 0. The maximum Gasteiger partial charge on any atom is 0.275 e. The van der Waals surface area contributed by atoms with Crippen LogP contribution in [0.2, 0.25) is 0 Å². The van der Waals surface area contributed by atoms with Crippen molar-refractivity contribution in [3.05, 3.63) is 98.7 Å². The number of aryl methyl sites for hydroxylation is 1. The molecular weight excluding hydrogens is 426 g/mol. The molecule has 1 heterocycles.